The molecule has 1 aromatic carbocycles. The number of esters is 1. The Morgan fingerprint density at radius 3 is 2.56 bits per heavy atom. The van der Waals surface area contributed by atoms with Crippen molar-refractivity contribution in [2.75, 3.05) is 11.5 Å². The minimum absolute atomic E-state index is 0.0782. The molecule has 0 saturated carbocycles. The lowest BCUT2D eigenvalue weighted by Crippen LogP contribution is -2.31. The highest BCUT2D eigenvalue weighted by Crippen LogP contribution is 2.44. The number of aryl methyl sites for hydroxylation is 1. The quantitative estimate of drug-likeness (QED) is 0.219. The summed E-state index contributed by atoms with van der Waals surface area (Å²) in [5.41, 5.74) is 0.333. The highest BCUT2D eigenvalue weighted by Gasteiger charge is 2.46. The average molecular weight is 500 g/mol. The SMILES string of the molecule is CCOC(=O)c1sc(N2C(=O)C(O)=C(C(=O)c3cccs3)C2c2ccc([N+](=O)[O-])cc2)nc1C. The van der Waals surface area contributed by atoms with Gasteiger partial charge in [0.2, 0.25) is 5.78 Å². The van der Waals surface area contributed by atoms with Crippen molar-refractivity contribution in [3.8, 4) is 0 Å². The number of amides is 1. The van der Waals surface area contributed by atoms with Crippen molar-refractivity contribution >= 4 is 51.2 Å². The Kier molecular flexibility index (Phi) is 6.26. The third-order valence-electron chi connectivity index (χ3n) is 5.07. The number of aromatic nitrogens is 1. The van der Waals surface area contributed by atoms with Gasteiger partial charge in [0.25, 0.3) is 11.6 Å². The van der Waals surface area contributed by atoms with Gasteiger partial charge in [-0.2, -0.15) is 0 Å². The number of hydrogen-bond donors (Lipinski definition) is 1. The molecule has 2 aromatic heterocycles. The van der Waals surface area contributed by atoms with Crippen LogP contribution in [0, 0.1) is 17.0 Å². The summed E-state index contributed by atoms with van der Waals surface area (Å²) in [5.74, 6) is -2.76. The number of nitro benzene ring substituents is 1. The number of carbonyl (C=O) groups excluding carboxylic acids is 3. The Hall–Kier alpha value is -3.90. The molecule has 4 rings (SSSR count). The molecule has 1 unspecified atom stereocenters. The van der Waals surface area contributed by atoms with Gasteiger partial charge in [0, 0.05) is 12.1 Å². The number of thiazole rings is 1. The number of thiophene rings is 1. The number of aliphatic hydroxyl groups is 1. The predicted octanol–water partition coefficient (Wildman–Crippen LogP) is 4.38. The molecule has 0 spiro atoms. The lowest BCUT2D eigenvalue weighted by atomic mass is 9.95. The first-order valence-corrected chi connectivity index (χ1v) is 11.7. The minimum Gasteiger partial charge on any atom is -0.503 e. The van der Waals surface area contributed by atoms with Crippen LogP contribution in [0.5, 0.6) is 0 Å². The molecule has 1 aliphatic heterocycles. The lowest BCUT2D eigenvalue weighted by Gasteiger charge is -2.24. The van der Waals surface area contributed by atoms with E-state index in [0.717, 1.165) is 27.6 Å². The van der Waals surface area contributed by atoms with Crippen LogP contribution in [0.3, 0.4) is 0 Å². The first-order chi connectivity index (χ1) is 16.2. The van der Waals surface area contributed by atoms with Crippen LogP contribution < -0.4 is 4.90 Å². The first kappa shape index (κ1) is 23.3. The third kappa shape index (κ3) is 3.97. The fourth-order valence-corrected chi connectivity index (χ4v) is 5.21. The summed E-state index contributed by atoms with van der Waals surface area (Å²) < 4.78 is 5.04. The monoisotopic (exact) mass is 499 g/mol. The molecular weight excluding hydrogens is 482 g/mol. The van der Waals surface area contributed by atoms with Gasteiger partial charge < -0.3 is 9.84 Å². The van der Waals surface area contributed by atoms with E-state index in [4.69, 9.17) is 4.74 Å². The van der Waals surface area contributed by atoms with E-state index in [1.165, 1.54) is 24.3 Å². The molecule has 3 heterocycles. The van der Waals surface area contributed by atoms with Crippen LogP contribution in [-0.2, 0) is 9.53 Å². The standard InChI is InChI=1S/C22H17N3O7S2/c1-3-32-21(29)19-11(2)23-22(34-19)24-16(12-6-8-13(9-7-12)25(30)31)15(18(27)20(24)28)17(26)14-5-4-10-33-14/h4-10,16,27H,3H2,1-2H3. The van der Waals surface area contributed by atoms with Crippen LogP contribution in [0.25, 0.3) is 0 Å². The summed E-state index contributed by atoms with van der Waals surface area (Å²) in [6.07, 6.45) is 0. The molecule has 0 radical (unpaired) electrons. The lowest BCUT2D eigenvalue weighted by molar-refractivity contribution is -0.384. The van der Waals surface area contributed by atoms with Gasteiger partial charge in [-0.1, -0.05) is 17.4 Å². The zero-order chi connectivity index (χ0) is 24.6. The summed E-state index contributed by atoms with van der Waals surface area (Å²) in [7, 11) is 0. The molecule has 3 aromatic rings. The van der Waals surface area contributed by atoms with E-state index in [2.05, 4.69) is 4.98 Å². The van der Waals surface area contributed by atoms with Gasteiger partial charge in [-0.05, 0) is 43.0 Å². The van der Waals surface area contributed by atoms with Gasteiger partial charge in [0.1, 0.15) is 4.88 Å². The zero-order valence-electron chi connectivity index (χ0n) is 17.9. The highest BCUT2D eigenvalue weighted by atomic mass is 32.1. The molecule has 34 heavy (non-hydrogen) atoms. The molecule has 1 atom stereocenters. The van der Waals surface area contributed by atoms with Crippen LogP contribution in [0.2, 0.25) is 0 Å². The maximum absolute atomic E-state index is 13.3. The smallest absolute Gasteiger partial charge is 0.350 e. The number of Topliss-reactive ketones (excluding diaryl/α,β-unsaturated/α-hetero) is 1. The van der Waals surface area contributed by atoms with Crippen molar-refractivity contribution in [2.24, 2.45) is 0 Å². The molecule has 0 fully saturated rings. The maximum Gasteiger partial charge on any atom is 0.350 e. The van der Waals surface area contributed by atoms with Crippen LogP contribution in [0.1, 0.15) is 43.6 Å². The van der Waals surface area contributed by atoms with Gasteiger partial charge in [-0.3, -0.25) is 24.6 Å². The number of carbonyl (C=O) groups is 3. The van der Waals surface area contributed by atoms with E-state index >= 15 is 0 Å². The second-order valence-corrected chi connectivity index (χ2v) is 9.05. The van der Waals surface area contributed by atoms with Crippen molar-refractivity contribution in [3.63, 3.8) is 0 Å². The van der Waals surface area contributed by atoms with E-state index in [1.54, 1.807) is 31.4 Å². The first-order valence-electron chi connectivity index (χ1n) is 9.98. The van der Waals surface area contributed by atoms with Gasteiger partial charge in [-0.25, -0.2) is 9.78 Å². The van der Waals surface area contributed by atoms with Gasteiger partial charge in [0.05, 0.1) is 33.7 Å². The number of rotatable bonds is 7. The van der Waals surface area contributed by atoms with Crippen molar-refractivity contribution < 1.29 is 29.2 Å². The molecule has 1 aliphatic rings. The second kappa shape index (κ2) is 9.15. The van der Waals surface area contributed by atoms with E-state index in [1.807, 2.05) is 0 Å². The molecular formula is C22H17N3O7S2. The Balaban J connectivity index is 1.85. The van der Waals surface area contributed by atoms with Crippen molar-refractivity contribution in [2.45, 2.75) is 19.9 Å². The zero-order valence-corrected chi connectivity index (χ0v) is 19.5. The maximum atomic E-state index is 13.3. The molecule has 1 N–H and O–H groups in total. The fraction of sp³-hybridized carbons (Fsp3) is 0.182. The molecule has 1 amide bonds. The Morgan fingerprint density at radius 2 is 1.97 bits per heavy atom. The summed E-state index contributed by atoms with van der Waals surface area (Å²) in [5, 5.41) is 23.6. The van der Waals surface area contributed by atoms with Crippen LogP contribution in [0.4, 0.5) is 10.8 Å². The van der Waals surface area contributed by atoms with Crippen molar-refractivity contribution in [3.05, 3.63) is 84.2 Å². The number of ether oxygens (including phenoxy) is 1. The van der Waals surface area contributed by atoms with Gasteiger partial charge in [0.15, 0.2) is 10.9 Å². The number of non-ortho nitro benzene ring substituents is 1. The summed E-state index contributed by atoms with van der Waals surface area (Å²) in [6.45, 7) is 3.40. The molecule has 0 saturated heterocycles. The van der Waals surface area contributed by atoms with Crippen molar-refractivity contribution in [1.29, 1.82) is 0 Å². The topological polar surface area (TPSA) is 140 Å². The molecule has 12 heteroatoms. The van der Waals surface area contributed by atoms with E-state index in [0.29, 0.717) is 16.1 Å². The Morgan fingerprint density at radius 1 is 1.26 bits per heavy atom. The van der Waals surface area contributed by atoms with E-state index in [-0.39, 0.29) is 27.9 Å². The average Bonchev–Trinajstić information content (AvgIpc) is 3.53. The largest absolute Gasteiger partial charge is 0.503 e. The summed E-state index contributed by atoms with van der Waals surface area (Å²) >= 11 is 2.04. The Labute approximate surface area is 200 Å². The van der Waals surface area contributed by atoms with Crippen LogP contribution >= 0.6 is 22.7 Å². The van der Waals surface area contributed by atoms with E-state index in [9.17, 15) is 29.6 Å². The number of aliphatic hydroxyl groups excluding tert-OH is 1. The minimum atomic E-state index is -1.11. The number of ketones is 1. The van der Waals surface area contributed by atoms with Crippen LogP contribution in [-0.4, -0.2) is 39.3 Å². The summed E-state index contributed by atoms with van der Waals surface area (Å²) in [6, 6.07) is 7.45. The number of nitrogens with zero attached hydrogens (tertiary/aromatic N) is 3. The van der Waals surface area contributed by atoms with Gasteiger partial charge >= 0.3 is 5.97 Å². The molecule has 10 nitrogen and oxygen atoms in total. The fourth-order valence-electron chi connectivity index (χ4n) is 3.54. The third-order valence-corrected chi connectivity index (χ3v) is 7.07. The molecule has 0 bridgehead atoms. The van der Waals surface area contributed by atoms with Crippen LogP contribution in [0.15, 0.2) is 53.1 Å². The number of nitro groups is 1. The van der Waals surface area contributed by atoms with Crippen molar-refractivity contribution in [1.82, 2.24) is 4.98 Å². The van der Waals surface area contributed by atoms with E-state index < -0.39 is 34.4 Å². The highest BCUT2D eigenvalue weighted by molar-refractivity contribution is 7.17. The number of hydrogen-bond acceptors (Lipinski definition) is 10. The summed E-state index contributed by atoms with van der Waals surface area (Å²) in [4.78, 5) is 55.2. The number of benzene rings is 1. The van der Waals surface area contributed by atoms with Gasteiger partial charge in [-0.15, -0.1) is 11.3 Å². The normalized spacial score (nSPS) is 15.6. The predicted molar refractivity (Wildman–Crippen MR) is 124 cm³/mol. The second-order valence-electron chi connectivity index (χ2n) is 7.13. The molecule has 174 valence electrons. The molecule has 0 aliphatic carbocycles. The Bertz CT molecular complexity index is 1330. The number of anilines is 1.